The first kappa shape index (κ1) is 37.0. The Morgan fingerprint density at radius 1 is 0.371 bits per heavy atom. The average Bonchev–Trinajstić information content (AvgIpc) is 3.84. The number of aromatic nitrogens is 4. The van der Waals surface area contributed by atoms with E-state index < -0.39 is 5.41 Å². The van der Waals surface area contributed by atoms with E-state index in [0.29, 0.717) is 11.6 Å². The van der Waals surface area contributed by atoms with Gasteiger partial charge in [0.25, 0.3) is 0 Å². The number of allylic oxidation sites excluding steroid dienone is 5. The Morgan fingerprint density at radius 2 is 0.774 bits per heavy atom. The van der Waals surface area contributed by atoms with E-state index in [4.69, 9.17) is 19.9 Å². The molecule has 2 aromatic heterocycles. The van der Waals surface area contributed by atoms with Crippen molar-refractivity contribution in [3.05, 3.63) is 246 Å². The number of nitrogens with zero attached hydrogens (tertiary/aromatic N) is 4. The third-order valence-electron chi connectivity index (χ3n) is 12.1. The van der Waals surface area contributed by atoms with Crippen LogP contribution in [0.2, 0.25) is 0 Å². The molecule has 0 N–H and O–H groups in total. The van der Waals surface area contributed by atoms with Crippen LogP contribution in [0.1, 0.15) is 29.2 Å². The van der Waals surface area contributed by atoms with Crippen molar-refractivity contribution in [2.45, 2.75) is 12.3 Å². The molecule has 292 valence electrons. The van der Waals surface area contributed by atoms with Gasteiger partial charge in [-0.2, -0.15) is 0 Å². The van der Waals surface area contributed by atoms with Crippen molar-refractivity contribution in [2.75, 3.05) is 0 Å². The second-order valence-corrected chi connectivity index (χ2v) is 15.7. The topological polar surface area (TPSA) is 51.6 Å². The average molecular weight is 793 g/mol. The summed E-state index contributed by atoms with van der Waals surface area (Å²) in [5.74, 6) is 1.36. The molecular formula is C58H40N4. The van der Waals surface area contributed by atoms with Gasteiger partial charge in [-0.25, -0.2) is 19.9 Å². The fraction of sp³-hybridized carbons (Fsp3) is 0.0345. The highest BCUT2D eigenvalue weighted by molar-refractivity contribution is 5.94. The first-order valence-corrected chi connectivity index (χ1v) is 21.1. The molecule has 2 aliphatic carbocycles. The van der Waals surface area contributed by atoms with Crippen LogP contribution in [-0.4, -0.2) is 19.9 Å². The Balaban J connectivity index is 1.14. The molecule has 0 fully saturated rings. The van der Waals surface area contributed by atoms with Gasteiger partial charge in [-0.3, -0.25) is 0 Å². The lowest BCUT2D eigenvalue weighted by atomic mass is 9.69. The van der Waals surface area contributed by atoms with E-state index in [1.807, 2.05) is 24.3 Å². The standard InChI is InChI=1S/C58H40N4/c1-2-3-8-28-46-34-43-27-17-18-29-49(43)58(46)50-35-44(56-59-52(39-19-9-4-10-20-39)37-53(60-56)40-21-11-5-12-22-40)30-32-47(50)48-33-31-45(36-51(48)58)57-61-54(41-23-13-6-14-24-41)38-55(62-57)42-25-15-7-16-26-42/h2-38H,1H3/b3-2-,28-8-. The number of benzene rings is 7. The molecule has 0 bridgehead atoms. The Hall–Kier alpha value is -8.08. The lowest BCUT2D eigenvalue weighted by Gasteiger charge is -2.32. The summed E-state index contributed by atoms with van der Waals surface area (Å²) in [5.41, 5.74) is 17.4. The fourth-order valence-corrected chi connectivity index (χ4v) is 9.22. The van der Waals surface area contributed by atoms with Crippen LogP contribution in [0.5, 0.6) is 0 Å². The molecule has 0 amide bonds. The summed E-state index contributed by atoms with van der Waals surface area (Å²) in [6.45, 7) is 2.05. The smallest absolute Gasteiger partial charge is 0.160 e. The van der Waals surface area contributed by atoms with Gasteiger partial charge in [-0.05, 0) is 76.2 Å². The summed E-state index contributed by atoms with van der Waals surface area (Å²) >= 11 is 0. The lowest BCUT2D eigenvalue weighted by molar-refractivity contribution is 0.787. The van der Waals surface area contributed by atoms with E-state index in [-0.39, 0.29) is 0 Å². The van der Waals surface area contributed by atoms with Crippen LogP contribution in [0.3, 0.4) is 0 Å². The van der Waals surface area contributed by atoms with Crippen molar-refractivity contribution in [2.24, 2.45) is 0 Å². The molecule has 0 aliphatic heterocycles. The molecule has 7 aromatic carbocycles. The first-order chi connectivity index (χ1) is 30.7. The molecule has 2 aliphatic rings. The normalized spacial score (nSPS) is 13.3. The second-order valence-electron chi connectivity index (χ2n) is 15.7. The van der Waals surface area contributed by atoms with E-state index >= 15 is 0 Å². The van der Waals surface area contributed by atoms with Crippen LogP contribution >= 0.6 is 0 Å². The number of hydrogen-bond donors (Lipinski definition) is 0. The maximum atomic E-state index is 5.27. The number of hydrogen-bond acceptors (Lipinski definition) is 4. The SMILES string of the molecule is C/C=C\C=C/C1=Cc2ccccc2C12c1cc(-c3nc(-c4ccccc4)cc(-c4ccccc4)n3)ccc1-c1ccc(-c3nc(-c4ccccc4)cc(-c4ccccc4)n3)cc12. The van der Waals surface area contributed by atoms with Crippen molar-refractivity contribution in [1.82, 2.24) is 19.9 Å². The van der Waals surface area contributed by atoms with Gasteiger partial charge < -0.3 is 0 Å². The van der Waals surface area contributed by atoms with E-state index in [9.17, 15) is 0 Å². The van der Waals surface area contributed by atoms with E-state index in [1.165, 1.54) is 39.0 Å². The molecule has 4 heteroatoms. The van der Waals surface area contributed by atoms with E-state index in [1.54, 1.807) is 0 Å². The van der Waals surface area contributed by atoms with Gasteiger partial charge >= 0.3 is 0 Å². The Morgan fingerprint density at radius 3 is 1.19 bits per heavy atom. The van der Waals surface area contributed by atoms with Gasteiger partial charge in [-0.1, -0.05) is 194 Å². The second kappa shape index (κ2) is 15.5. The summed E-state index contributed by atoms with van der Waals surface area (Å²) in [5, 5.41) is 0. The zero-order chi connectivity index (χ0) is 41.5. The quantitative estimate of drug-likeness (QED) is 0.144. The van der Waals surface area contributed by atoms with Gasteiger partial charge in [-0.15, -0.1) is 0 Å². The highest BCUT2D eigenvalue weighted by Crippen LogP contribution is 2.61. The minimum atomic E-state index is -0.635. The van der Waals surface area contributed by atoms with Crippen molar-refractivity contribution < 1.29 is 0 Å². The van der Waals surface area contributed by atoms with Gasteiger partial charge in [0.15, 0.2) is 11.6 Å². The Kier molecular flexibility index (Phi) is 9.24. The minimum absolute atomic E-state index is 0.635. The van der Waals surface area contributed by atoms with Crippen LogP contribution in [0.15, 0.2) is 224 Å². The third-order valence-corrected chi connectivity index (χ3v) is 12.1. The largest absolute Gasteiger partial charge is 0.228 e. The van der Waals surface area contributed by atoms with Crippen molar-refractivity contribution in [3.63, 3.8) is 0 Å². The predicted octanol–water partition coefficient (Wildman–Crippen LogP) is 14.1. The molecule has 1 spiro atoms. The highest BCUT2D eigenvalue weighted by Gasteiger charge is 2.50. The van der Waals surface area contributed by atoms with Crippen molar-refractivity contribution in [1.29, 1.82) is 0 Å². The van der Waals surface area contributed by atoms with Crippen LogP contribution in [0.4, 0.5) is 0 Å². The molecule has 11 rings (SSSR count). The fourth-order valence-electron chi connectivity index (χ4n) is 9.22. The minimum Gasteiger partial charge on any atom is -0.228 e. The van der Waals surface area contributed by atoms with Crippen molar-refractivity contribution in [3.8, 4) is 78.9 Å². The van der Waals surface area contributed by atoms with Crippen molar-refractivity contribution >= 4 is 6.08 Å². The predicted molar refractivity (Wildman–Crippen MR) is 254 cm³/mol. The molecular weight excluding hydrogens is 753 g/mol. The maximum Gasteiger partial charge on any atom is 0.160 e. The van der Waals surface area contributed by atoms with Gasteiger partial charge in [0.05, 0.1) is 28.2 Å². The van der Waals surface area contributed by atoms with E-state index in [2.05, 4.69) is 207 Å². The van der Waals surface area contributed by atoms with Crippen LogP contribution in [0, 0.1) is 0 Å². The molecule has 0 saturated carbocycles. The van der Waals surface area contributed by atoms with Gasteiger partial charge in [0, 0.05) is 33.4 Å². The monoisotopic (exact) mass is 792 g/mol. The van der Waals surface area contributed by atoms with Crippen LogP contribution < -0.4 is 0 Å². The molecule has 2 heterocycles. The van der Waals surface area contributed by atoms with Crippen LogP contribution in [-0.2, 0) is 5.41 Å². The molecule has 0 radical (unpaired) electrons. The van der Waals surface area contributed by atoms with Gasteiger partial charge in [0.1, 0.15) is 0 Å². The molecule has 4 nitrogen and oxygen atoms in total. The highest BCUT2D eigenvalue weighted by atomic mass is 14.9. The maximum absolute atomic E-state index is 5.27. The summed E-state index contributed by atoms with van der Waals surface area (Å²) in [7, 11) is 0. The van der Waals surface area contributed by atoms with Gasteiger partial charge in [0.2, 0.25) is 0 Å². The van der Waals surface area contributed by atoms with Crippen LogP contribution in [0.25, 0.3) is 85.0 Å². The first-order valence-electron chi connectivity index (χ1n) is 21.1. The van der Waals surface area contributed by atoms with E-state index in [0.717, 1.165) is 56.2 Å². The molecule has 0 saturated heterocycles. The summed E-state index contributed by atoms with van der Waals surface area (Å²) in [6, 6.07) is 68.1. The zero-order valence-corrected chi connectivity index (χ0v) is 34.2. The molecule has 0 unspecified atom stereocenters. The molecule has 0 atom stereocenters. The number of rotatable bonds is 8. The third kappa shape index (κ3) is 6.32. The summed E-state index contributed by atoms with van der Waals surface area (Å²) < 4.78 is 0. The summed E-state index contributed by atoms with van der Waals surface area (Å²) in [6.07, 6.45) is 11.0. The Labute approximate surface area is 362 Å². The lowest BCUT2D eigenvalue weighted by Crippen LogP contribution is -2.27. The molecule has 9 aromatic rings. The number of fused-ring (bicyclic) bond motifs is 7. The molecule has 62 heavy (non-hydrogen) atoms. The zero-order valence-electron chi connectivity index (χ0n) is 34.2. The summed E-state index contributed by atoms with van der Waals surface area (Å²) in [4.78, 5) is 21.1. The Bertz CT molecular complexity index is 2930.